The van der Waals surface area contributed by atoms with Crippen LogP contribution in [0.1, 0.15) is 20.8 Å². The van der Waals surface area contributed by atoms with E-state index < -0.39 is 4.92 Å². The van der Waals surface area contributed by atoms with Crippen LogP contribution in [0.4, 0.5) is 11.4 Å². The van der Waals surface area contributed by atoms with Crippen molar-refractivity contribution in [1.82, 2.24) is 0 Å². The molecule has 0 aliphatic heterocycles. The van der Waals surface area contributed by atoms with Gasteiger partial charge in [0.25, 0.3) is 0 Å². The Kier molecular flexibility index (Phi) is 6.49. The molecular formula is C13H20N2O3S. The SMILES string of the molecule is CCOc1cccc(NC(C)CSCC)c1[N+](=O)[O-]. The lowest BCUT2D eigenvalue weighted by Gasteiger charge is -2.15. The minimum Gasteiger partial charge on any atom is -0.487 e. The third kappa shape index (κ3) is 4.63. The molecule has 5 nitrogen and oxygen atoms in total. The van der Waals surface area contributed by atoms with E-state index in [4.69, 9.17) is 4.74 Å². The third-order valence-corrected chi connectivity index (χ3v) is 3.60. The predicted molar refractivity (Wildman–Crippen MR) is 80.3 cm³/mol. The first kappa shape index (κ1) is 15.6. The molecule has 0 fully saturated rings. The Hall–Kier alpha value is -1.43. The average Bonchev–Trinajstić information content (AvgIpc) is 2.36. The summed E-state index contributed by atoms with van der Waals surface area (Å²) in [6.07, 6.45) is 0. The molecule has 19 heavy (non-hydrogen) atoms. The van der Waals surface area contributed by atoms with E-state index in [1.165, 1.54) is 0 Å². The average molecular weight is 284 g/mol. The molecule has 0 saturated carbocycles. The van der Waals surface area contributed by atoms with Gasteiger partial charge in [-0.2, -0.15) is 11.8 Å². The van der Waals surface area contributed by atoms with Crippen molar-refractivity contribution in [3.05, 3.63) is 28.3 Å². The summed E-state index contributed by atoms with van der Waals surface area (Å²) < 4.78 is 5.31. The van der Waals surface area contributed by atoms with Crippen LogP contribution in [0.3, 0.4) is 0 Å². The highest BCUT2D eigenvalue weighted by Gasteiger charge is 2.21. The van der Waals surface area contributed by atoms with Crippen LogP contribution in [-0.2, 0) is 0 Å². The van der Waals surface area contributed by atoms with Crippen LogP contribution in [0.5, 0.6) is 5.75 Å². The van der Waals surface area contributed by atoms with Crippen molar-refractivity contribution >= 4 is 23.1 Å². The first-order chi connectivity index (χ1) is 9.10. The summed E-state index contributed by atoms with van der Waals surface area (Å²) in [5.41, 5.74) is 0.526. The van der Waals surface area contributed by atoms with Crippen molar-refractivity contribution in [2.45, 2.75) is 26.8 Å². The van der Waals surface area contributed by atoms with Gasteiger partial charge < -0.3 is 10.1 Å². The van der Waals surface area contributed by atoms with Gasteiger partial charge in [0.05, 0.1) is 11.5 Å². The summed E-state index contributed by atoms with van der Waals surface area (Å²) >= 11 is 1.80. The van der Waals surface area contributed by atoms with Gasteiger partial charge in [-0.25, -0.2) is 0 Å². The normalized spacial score (nSPS) is 11.9. The van der Waals surface area contributed by atoms with Gasteiger partial charge in [-0.3, -0.25) is 10.1 Å². The molecule has 1 N–H and O–H groups in total. The van der Waals surface area contributed by atoms with E-state index >= 15 is 0 Å². The van der Waals surface area contributed by atoms with Crippen LogP contribution in [-0.4, -0.2) is 29.1 Å². The summed E-state index contributed by atoms with van der Waals surface area (Å²) in [6.45, 7) is 6.32. The van der Waals surface area contributed by atoms with E-state index in [1.807, 2.05) is 13.8 Å². The molecule has 0 spiro atoms. The third-order valence-electron chi connectivity index (χ3n) is 2.46. The molecule has 0 aliphatic rings. The molecule has 0 saturated heterocycles. The number of nitro benzene ring substituents is 1. The van der Waals surface area contributed by atoms with Crippen LogP contribution in [0.15, 0.2) is 18.2 Å². The molecule has 0 radical (unpaired) electrons. The molecule has 6 heteroatoms. The van der Waals surface area contributed by atoms with Crippen molar-refractivity contribution in [3.8, 4) is 5.75 Å². The highest BCUT2D eigenvalue weighted by atomic mass is 32.2. The Balaban J connectivity index is 2.93. The highest BCUT2D eigenvalue weighted by molar-refractivity contribution is 7.99. The van der Waals surface area contributed by atoms with Gasteiger partial charge in [-0.05, 0) is 31.7 Å². The second-order valence-electron chi connectivity index (χ2n) is 4.05. The maximum absolute atomic E-state index is 11.2. The largest absolute Gasteiger partial charge is 0.487 e. The first-order valence-corrected chi connectivity index (χ1v) is 7.50. The minimum atomic E-state index is -0.396. The molecule has 106 valence electrons. The van der Waals surface area contributed by atoms with Gasteiger partial charge in [-0.15, -0.1) is 0 Å². The van der Waals surface area contributed by atoms with Crippen LogP contribution in [0.2, 0.25) is 0 Å². The molecule has 1 aromatic carbocycles. The molecule has 0 heterocycles. The Labute approximate surface area is 117 Å². The quantitative estimate of drug-likeness (QED) is 0.584. The molecule has 1 rings (SSSR count). The topological polar surface area (TPSA) is 64.4 Å². The molecule has 0 bridgehead atoms. The number of anilines is 1. The summed E-state index contributed by atoms with van der Waals surface area (Å²) in [6, 6.07) is 5.27. The van der Waals surface area contributed by atoms with Crippen LogP contribution < -0.4 is 10.1 Å². The van der Waals surface area contributed by atoms with Crippen molar-refractivity contribution in [2.24, 2.45) is 0 Å². The first-order valence-electron chi connectivity index (χ1n) is 6.34. The number of rotatable bonds is 8. The van der Waals surface area contributed by atoms with Crippen LogP contribution in [0.25, 0.3) is 0 Å². The number of hydrogen-bond donors (Lipinski definition) is 1. The molecule has 0 amide bonds. The molecule has 1 atom stereocenters. The number of para-hydroxylation sites is 1. The maximum Gasteiger partial charge on any atom is 0.333 e. The van der Waals surface area contributed by atoms with Gasteiger partial charge in [0.2, 0.25) is 0 Å². The molecule has 0 aromatic heterocycles. The van der Waals surface area contributed by atoms with Gasteiger partial charge in [0.15, 0.2) is 5.75 Å². The number of nitrogens with zero attached hydrogens (tertiary/aromatic N) is 1. The molecular weight excluding hydrogens is 264 g/mol. The van der Waals surface area contributed by atoms with Gasteiger partial charge in [-0.1, -0.05) is 13.0 Å². The van der Waals surface area contributed by atoms with E-state index in [0.717, 1.165) is 11.5 Å². The Morgan fingerprint density at radius 3 is 2.79 bits per heavy atom. The lowest BCUT2D eigenvalue weighted by molar-refractivity contribution is -0.385. The Morgan fingerprint density at radius 2 is 2.21 bits per heavy atom. The smallest absolute Gasteiger partial charge is 0.333 e. The maximum atomic E-state index is 11.2. The number of ether oxygens (including phenoxy) is 1. The fourth-order valence-corrected chi connectivity index (χ4v) is 2.37. The highest BCUT2D eigenvalue weighted by Crippen LogP contribution is 2.35. The summed E-state index contributed by atoms with van der Waals surface area (Å²) in [4.78, 5) is 10.8. The van der Waals surface area contributed by atoms with Crippen molar-refractivity contribution < 1.29 is 9.66 Å². The van der Waals surface area contributed by atoms with Crippen molar-refractivity contribution in [2.75, 3.05) is 23.4 Å². The van der Waals surface area contributed by atoms with Gasteiger partial charge in [0, 0.05) is 11.8 Å². The van der Waals surface area contributed by atoms with E-state index in [0.29, 0.717) is 18.0 Å². The minimum absolute atomic E-state index is 0.0118. The molecule has 1 aromatic rings. The second kappa shape index (κ2) is 7.89. The molecule has 1 unspecified atom stereocenters. The second-order valence-corrected chi connectivity index (χ2v) is 5.37. The van der Waals surface area contributed by atoms with Crippen LogP contribution in [0, 0.1) is 10.1 Å². The van der Waals surface area contributed by atoms with E-state index in [9.17, 15) is 10.1 Å². The monoisotopic (exact) mass is 284 g/mol. The zero-order valence-corrected chi connectivity index (χ0v) is 12.3. The zero-order chi connectivity index (χ0) is 14.3. The van der Waals surface area contributed by atoms with Crippen molar-refractivity contribution in [1.29, 1.82) is 0 Å². The van der Waals surface area contributed by atoms with Crippen molar-refractivity contribution in [3.63, 3.8) is 0 Å². The summed E-state index contributed by atoms with van der Waals surface area (Å²) in [5.74, 6) is 2.26. The van der Waals surface area contributed by atoms with Gasteiger partial charge >= 0.3 is 5.69 Å². The summed E-state index contributed by atoms with van der Waals surface area (Å²) in [5, 5.41) is 14.4. The Morgan fingerprint density at radius 1 is 1.47 bits per heavy atom. The number of benzene rings is 1. The fraction of sp³-hybridized carbons (Fsp3) is 0.538. The number of thioether (sulfide) groups is 1. The fourth-order valence-electron chi connectivity index (χ4n) is 1.70. The van der Waals surface area contributed by atoms with E-state index in [-0.39, 0.29) is 11.7 Å². The number of nitro groups is 1. The zero-order valence-electron chi connectivity index (χ0n) is 11.5. The standard InChI is InChI=1S/C13H20N2O3S/c1-4-18-12-8-6-7-11(13(12)15(16)17)14-10(3)9-19-5-2/h6-8,10,14H,4-5,9H2,1-3H3. The van der Waals surface area contributed by atoms with Gasteiger partial charge in [0.1, 0.15) is 5.69 Å². The number of hydrogen-bond acceptors (Lipinski definition) is 5. The predicted octanol–water partition coefficient (Wildman–Crippen LogP) is 3.55. The molecule has 0 aliphatic carbocycles. The van der Waals surface area contributed by atoms with E-state index in [1.54, 1.807) is 30.0 Å². The Bertz CT molecular complexity index is 426. The van der Waals surface area contributed by atoms with E-state index in [2.05, 4.69) is 12.2 Å². The number of nitrogens with one attached hydrogen (secondary N) is 1. The lowest BCUT2D eigenvalue weighted by Crippen LogP contribution is -2.19. The lowest BCUT2D eigenvalue weighted by atomic mass is 10.2. The summed E-state index contributed by atoms with van der Waals surface area (Å²) in [7, 11) is 0. The van der Waals surface area contributed by atoms with Crippen LogP contribution >= 0.6 is 11.8 Å².